The molecule has 1 aliphatic carbocycles. The van der Waals surface area contributed by atoms with Gasteiger partial charge in [-0.2, -0.15) is 0 Å². The normalized spacial score (nSPS) is 19.4. The van der Waals surface area contributed by atoms with Crippen LogP contribution in [0.2, 0.25) is 0 Å². The van der Waals surface area contributed by atoms with E-state index in [2.05, 4.69) is 0 Å². The first kappa shape index (κ1) is 20.0. The summed E-state index contributed by atoms with van der Waals surface area (Å²) in [7, 11) is -4.21. The Kier molecular flexibility index (Phi) is 4.93. The molecule has 1 saturated heterocycles. The third-order valence-corrected chi connectivity index (χ3v) is 8.22. The van der Waals surface area contributed by atoms with Crippen molar-refractivity contribution in [1.82, 2.24) is 4.90 Å². The highest BCUT2D eigenvalue weighted by molar-refractivity contribution is 7.97. The molecule has 2 aromatic carbocycles. The van der Waals surface area contributed by atoms with Gasteiger partial charge in [-0.05, 0) is 30.9 Å². The van der Waals surface area contributed by atoms with Crippen molar-refractivity contribution >= 4 is 27.3 Å². The maximum atomic E-state index is 13.9. The number of para-hydroxylation sites is 1. The quantitative estimate of drug-likeness (QED) is 0.736. The number of carbonyl (C=O) groups is 2. The number of benzene rings is 2. The zero-order chi connectivity index (χ0) is 21.6. The van der Waals surface area contributed by atoms with Crippen molar-refractivity contribution < 1.29 is 18.0 Å². The summed E-state index contributed by atoms with van der Waals surface area (Å²) in [5.74, 6) is -0.956. The van der Waals surface area contributed by atoms with Crippen LogP contribution in [-0.4, -0.2) is 44.5 Å². The minimum atomic E-state index is -4.21. The van der Waals surface area contributed by atoms with Gasteiger partial charge >= 0.3 is 0 Å². The van der Waals surface area contributed by atoms with Crippen molar-refractivity contribution in [2.24, 2.45) is 0 Å². The third kappa shape index (κ3) is 3.19. The molecule has 160 valence electrons. The van der Waals surface area contributed by atoms with Gasteiger partial charge in [0.15, 0.2) is 4.91 Å². The van der Waals surface area contributed by atoms with Crippen molar-refractivity contribution in [3.8, 4) is 0 Å². The lowest BCUT2D eigenvalue weighted by Gasteiger charge is -2.32. The van der Waals surface area contributed by atoms with Crippen LogP contribution in [-0.2, 0) is 16.4 Å². The van der Waals surface area contributed by atoms with Crippen LogP contribution in [0.15, 0.2) is 59.1 Å². The van der Waals surface area contributed by atoms with Gasteiger partial charge in [-0.1, -0.05) is 55.3 Å². The Labute approximate surface area is 182 Å². The molecule has 0 saturated carbocycles. The minimum Gasteiger partial charge on any atom is -0.367 e. The molecule has 0 radical (unpaired) electrons. The molecule has 0 atom stereocenters. The highest BCUT2D eigenvalue weighted by atomic mass is 32.2. The number of ketones is 2. The summed E-state index contributed by atoms with van der Waals surface area (Å²) >= 11 is 0. The molecule has 2 heterocycles. The highest BCUT2D eigenvalue weighted by Gasteiger charge is 2.45. The topological polar surface area (TPSA) is 74.8 Å². The van der Waals surface area contributed by atoms with E-state index in [-0.39, 0.29) is 34.1 Å². The van der Waals surface area contributed by atoms with Gasteiger partial charge in [0.2, 0.25) is 11.6 Å². The van der Waals surface area contributed by atoms with Gasteiger partial charge in [0.25, 0.3) is 10.0 Å². The summed E-state index contributed by atoms with van der Waals surface area (Å²) in [6.45, 7) is 1.42. The number of Topliss-reactive ketones (excluding diaryl/α,β-unsaturated/α-hetero) is 2. The Morgan fingerprint density at radius 2 is 1.32 bits per heavy atom. The van der Waals surface area contributed by atoms with Crippen LogP contribution in [0.3, 0.4) is 0 Å². The first-order valence-electron chi connectivity index (χ1n) is 10.8. The van der Waals surface area contributed by atoms with Gasteiger partial charge < -0.3 is 4.90 Å². The third-order valence-electron chi connectivity index (χ3n) is 6.37. The second-order valence-electron chi connectivity index (χ2n) is 8.24. The fraction of sp³-hybridized carbons (Fsp3) is 0.333. The molecule has 31 heavy (non-hydrogen) atoms. The van der Waals surface area contributed by atoms with E-state index in [1.54, 1.807) is 36.4 Å². The van der Waals surface area contributed by atoms with Crippen LogP contribution < -0.4 is 4.31 Å². The SMILES string of the molecule is O=C1C(N2CCCCCC2)=C(S(=O)(=O)N2CCc3ccccc32)C(=O)c2ccccc21. The number of fused-ring (bicyclic) bond motifs is 2. The molecule has 0 spiro atoms. The molecule has 7 heteroatoms. The van der Waals surface area contributed by atoms with Gasteiger partial charge in [0.1, 0.15) is 5.70 Å². The number of hydrogen-bond acceptors (Lipinski definition) is 5. The lowest BCUT2D eigenvalue weighted by atomic mass is 9.91. The summed E-state index contributed by atoms with van der Waals surface area (Å²) in [6.07, 6.45) is 4.38. The lowest BCUT2D eigenvalue weighted by Crippen LogP contribution is -2.41. The first-order valence-corrected chi connectivity index (χ1v) is 12.2. The average Bonchev–Trinajstić information content (AvgIpc) is 3.04. The predicted molar refractivity (Wildman–Crippen MR) is 119 cm³/mol. The van der Waals surface area contributed by atoms with E-state index >= 15 is 0 Å². The zero-order valence-corrected chi connectivity index (χ0v) is 18.0. The molecule has 5 rings (SSSR count). The molecule has 1 fully saturated rings. The number of likely N-dealkylation sites (tertiary alicyclic amines) is 1. The lowest BCUT2D eigenvalue weighted by molar-refractivity contribution is 0.0947. The molecule has 2 aromatic rings. The summed E-state index contributed by atoms with van der Waals surface area (Å²) in [5, 5.41) is 0. The molecule has 0 bridgehead atoms. The van der Waals surface area contributed by atoms with E-state index in [1.807, 2.05) is 17.0 Å². The van der Waals surface area contributed by atoms with Crippen LogP contribution >= 0.6 is 0 Å². The number of anilines is 1. The first-order chi connectivity index (χ1) is 15.0. The number of nitrogens with zero attached hydrogens (tertiary/aromatic N) is 2. The van der Waals surface area contributed by atoms with Crippen molar-refractivity contribution in [3.63, 3.8) is 0 Å². The van der Waals surface area contributed by atoms with Crippen molar-refractivity contribution in [1.29, 1.82) is 0 Å². The van der Waals surface area contributed by atoms with Gasteiger partial charge in [-0.3, -0.25) is 13.9 Å². The number of rotatable bonds is 3. The van der Waals surface area contributed by atoms with Gasteiger partial charge in [-0.15, -0.1) is 0 Å². The predicted octanol–water partition coefficient (Wildman–Crippen LogP) is 3.55. The molecule has 2 aliphatic heterocycles. The van der Waals surface area contributed by atoms with Crippen LogP contribution in [0.4, 0.5) is 5.69 Å². The summed E-state index contributed by atoms with van der Waals surface area (Å²) in [5.41, 5.74) is 2.02. The van der Waals surface area contributed by atoms with Gasteiger partial charge in [0, 0.05) is 30.8 Å². The molecule has 3 aliphatic rings. The molecular formula is C24H24N2O4S. The number of sulfonamides is 1. The van der Waals surface area contributed by atoms with Crippen molar-refractivity contribution in [2.45, 2.75) is 32.1 Å². The Morgan fingerprint density at radius 1 is 0.710 bits per heavy atom. The average molecular weight is 437 g/mol. The maximum absolute atomic E-state index is 13.9. The minimum absolute atomic E-state index is 0.0509. The molecule has 6 nitrogen and oxygen atoms in total. The summed E-state index contributed by atoms with van der Waals surface area (Å²) < 4.78 is 29.1. The number of allylic oxidation sites excluding steroid dienone is 2. The number of carbonyl (C=O) groups excluding carboxylic acids is 2. The van der Waals surface area contributed by atoms with Gasteiger partial charge in [-0.25, -0.2) is 8.42 Å². The van der Waals surface area contributed by atoms with Crippen LogP contribution in [0.25, 0.3) is 0 Å². The van der Waals surface area contributed by atoms with Crippen LogP contribution in [0.1, 0.15) is 52.0 Å². The monoisotopic (exact) mass is 436 g/mol. The second-order valence-corrected chi connectivity index (χ2v) is 10.0. The van der Waals surface area contributed by atoms with Crippen LogP contribution in [0.5, 0.6) is 0 Å². The second kappa shape index (κ2) is 7.64. The summed E-state index contributed by atoms with van der Waals surface area (Å²) in [6, 6.07) is 13.9. The molecule has 0 N–H and O–H groups in total. The largest absolute Gasteiger partial charge is 0.367 e. The van der Waals surface area contributed by atoms with E-state index in [0.717, 1.165) is 31.2 Å². The fourth-order valence-corrected chi connectivity index (χ4v) is 6.63. The van der Waals surface area contributed by atoms with E-state index in [9.17, 15) is 18.0 Å². The van der Waals surface area contributed by atoms with E-state index < -0.39 is 15.8 Å². The zero-order valence-electron chi connectivity index (χ0n) is 17.2. The molecule has 0 unspecified atom stereocenters. The van der Waals surface area contributed by atoms with E-state index in [4.69, 9.17) is 0 Å². The summed E-state index contributed by atoms with van der Waals surface area (Å²) in [4.78, 5) is 28.6. The maximum Gasteiger partial charge on any atom is 0.270 e. The molecule has 0 aromatic heterocycles. The highest BCUT2D eigenvalue weighted by Crippen LogP contribution is 2.38. The smallest absolute Gasteiger partial charge is 0.270 e. The Balaban J connectivity index is 1.71. The Hall–Kier alpha value is -2.93. The van der Waals surface area contributed by atoms with Crippen LogP contribution in [0, 0.1) is 0 Å². The standard InChI is InChI=1S/C24H24N2O4S/c27-22-18-10-4-5-11-19(18)23(28)24(21(22)25-14-7-1-2-8-15-25)31(29,30)26-16-13-17-9-3-6-12-20(17)26/h3-6,9-12H,1-2,7-8,13-16H2. The van der Waals surface area contributed by atoms with E-state index in [1.165, 1.54) is 4.31 Å². The number of hydrogen-bond donors (Lipinski definition) is 0. The van der Waals surface area contributed by atoms with Crippen molar-refractivity contribution in [2.75, 3.05) is 23.9 Å². The van der Waals surface area contributed by atoms with E-state index in [0.29, 0.717) is 25.2 Å². The van der Waals surface area contributed by atoms with Crippen molar-refractivity contribution in [3.05, 3.63) is 75.8 Å². The fourth-order valence-electron chi connectivity index (χ4n) is 4.83. The van der Waals surface area contributed by atoms with Gasteiger partial charge in [0.05, 0.1) is 5.69 Å². The Bertz CT molecular complexity index is 1210. The Morgan fingerprint density at radius 3 is 2.03 bits per heavy atom. The molecular weight excluding hydrogens is 412 g/mol. The molecule has 0 amide bonds.